The second-order valence-corrected chi connectivity index (χ2v) is 6.52. The zero-order valence-corrected chi connectivity index (χ0v) is 13.9. The van der Waals surface area contributed by atoms with E-state index in [0.717, 1.165) is 17.9 Å². The minimum absolute atomic E-state index is 0.0643. The molecule has 1 amide bonds. The lowest BCUT2D eigenvalue weighted by Gasteiger charge is -2.28. The number of amides is 1. The predicted octanol–water partition coefficient (Wildman–Crippen LogP) is 1.81. The molecule has 1 aliphatic carbocycles. The molecule has 1 N–H and O–H groups in total. The maximum Gasteiger partial charge on any atom is 0.237 e. The largest absolute Gasteiger partial charge is 0.497 e. The van der Waals surface area contributed by atoms with Crippen molar-refractivity contribution in [2.45, 2.75) is 44.4 Å². The summed E-state index contributed by atoms with van der Waals surface area (Å²) in [5, 5.41) is 10.1. The van der Waals surface area contributed by atoms with Crippen LogP contribution in [0.4, 0.5) is 0 Å². The topological polar surface area (TPSA) is 53.0 Å². The van der Waals surface area contributed by atoms with E-state index in [2.05, 4.69) is 11.8 Å². The standard InChI is InChI=1S/C18H26N2O3/c1-3-19(14-7-8-14)12-18(22)20-11-15(21)10-17(20)13-5-4-6-16(9-13)23-2/h4-6,9,14-15,17,21H,3,7-8,10-12H2,1-2H3/t15-,17-/m0/s1. The number of aliphatic hydroxyl groups excluding tert-OH is 1. The molecule has 5 nitrogen and oxygen atoms in total. The predicted molar refractivity (Wildman–Crippen MR) is 88.3 cm³/mol. The van der Waals surface area contributed by atoms with Crippen molar-refractivity contribution in [3.63, 3.8) is 0 Å². The van der Waals surface area contributed by atoms with Gasteiger partial charge in [-0.25, -0.2) is 0 Å². The van der Waals surface area contributed by atoms with Gasteiger partial charge in [0.25, 0.3) is 0 Å². The van der Waals surface area contributed by atoms with Crippen LogP contribution >= 0.6 is 0 Å². The number of aliphatic hydroxyl groups is 1. The van der Waals surface area contributed by atoms with Crippen molar-refractivity contribution in [3.05, 3.63) is 29.8 Å². The van der Waals surface area contributed by atoms with E-state index in [1.165, 1.54) is 12.8 Å². The Balaban J connectivity index is 1.74. The summed E-state index contributed by atoms with van der Waals surface area (Å²) in [6.45, 7) is 3.87. The van der Waals surface area contributed by atoms with Gasteiger partial charge in [0.05, 0.1) is 25.8 Å². The third-order valence-corrected chi connectivity index (χ3v) is 4.89. The van der Waals surface area contributed by atoms with Gasteiger partial charge in [-0.3, -0.25) is 9.69 Å². The van der Waals surface area contributed by atoms with Crippen LogP contribution in [0.2, 0.25) is 0 Å². The fraction of sp³-hybridized carbons (Fsp3) is 0.611. The normalized spacial score (nSPS) is 24.3. The number of rotatable bonds is 6. The lowest BCUT2D eigenvalue weighted by molar-refractivity contribution is -0.133. The Hall–Kier alpha value is -1.59. The SMILES string of the molecule is CCN(CC(=O)N1C[C@@H](O)C[C@H]1c1cccc(OC)c1)C1CC1. The minimum atomic E-state index is -0.453. The Labute approximate surface area is 137 Å². The van der Waals surface area contributed by atoms with Crippen molar-refractivity contribution in [3.8, 4) is 5.75 Å². The van der Waals surface area contributed by atoms with Gasteiger partial charge in [0, 0.05) is 12.6 Å². The molecule has 0 radical (unpaired) electrons. The highest BCUT2D eigenvalue weighted by Gasteiger charge is 2.37. The molecule has 1 saturated carbocycles. The first-order chi connectivity index (χ1) is 11.1. The zero-order chi connectivity index (χ0) is 16.4. The summed E-state index contributed by atoms with van der Waals surface area (Å²) in [5.74, 6) is 0.896. The second-order valence-electron chi connectivity index (χ2n) is 6.52. The van der Waals surface area contributed by atoms with E-state index in [1.54, 1.807) is 7.11 Å². The van der Waals surface area contributed by atoms with Gasteiger partial charge in [-0.05, 0) is 43.5 Å². The maximum absolute atomic E-state index is 12.8. The van der Waals surface area contributed by atoms with Gasteiger partial charge in [0.1, 0.15) is 5.75 Å². The van der Waals surface area contributed by atoms with Gasteiger partial charge in [-0.2, -0.15) is 0 Å². The molecule has 0 spiro atoms. The molecule has 1 aromatic carbocycles. The van der Waals surface area contributed by atoms with Crippen LogP contribution in [0.15, 0.2) is 24.3 Å². The Morgan fingerprint density at radius 3 is 2.87 bits per heavy atom. The summed E-state index contributed by atoms with van der Waals surface area (Å²) in [4.78, 5) is 16.9. The van der Waals surface area contributed by atoms with Crippen LogP contribution < -0.4 is 4.74 Å². The molecule has 5 heteroatoms. The Kier molecular flexibility index (Phi) is 4.87. The Morgan fingerprint density at radius 2 is 2.22 bits per heavy atom. The molecule has 1 aliphatic heterocycles. The van der Waals surface area contributed by atoms with Crippen molar-refractivity contribution in [1.82, 2.24) is 9.80 Å². The van der Waals surface area contributed by atoms with E-state index in [0.29, 0.717) is 25.6 Å². The molecule has 0 bridgehead atoms. The van der Waals surface area contributed by atoms with E-state index in [4.69, 9.17) is 4.74 Å². The number of nitrogens with zero attached hydrogens (tertiary/aromatic N) is 2. The average Bonchev–Trinajstić information content (AvgIpc) is 3.33. The molecule has 0 unspecified atom stereocenters. The van der Waals surface area contributed by atoms with Crippen molar-refractivity contribution >= 4 is 5.91 Å². The van der Waals surface area contributed by atoms with E-state index < -0.39 is 6.10 Å². The smallest absolute Gasteiger partial charge is 0.237 e. The first-order valence-corrected chi connectivity index (χ1v) is 8.48. The number of methoxy groups -OCH3 is 1. The van der Waals surface area contributed by atoms with Crippen LogP contribution in [0, 0.1) is 0 Å². The molecule has 23 heavy (non-hydrogen) atoms. The molecule has 1 aromatic rings. The minimum Gasteiger partial charge on any atom is -0.497 e. The van der Waals surface area contributed by atoms with Gasteiger partial charge in [0.2, 0.25) is 5.91 Å². The Morgan fingerprint density at radius 1 is 1.43 bits per heavy atom. The number of likely N-dealkylation sites (tertiary alicyclic amines) is 1. The summed E-state index contributed by atoms with van der Waals surface area (Å²) in [6.07, 6.45) is 2.53. The number of hydrogen-bond donors (Lipinski definition) is 1. The number of carbonyl (C=O) groups excluding carboxylic acids is 1. The van der Waals surface area contributed by atoms with Crippen LogP contribution in [-0.2, 0) is 4.79 Å². The fourth-order valence-corrected chi connectivity index (χ4v) is 3.46. The number of benzene rings is 1. The van der Waals surface area contributed by atoms with Crippen LogP contribution in [0.1, 0.15) is 37.8 Å². The summed E-state index contributed by atoms with van der Waals surface area (Å²) < 4.78 is 5.28. The van der Waals surface area contributed by atoms with Crippen molar-refractivity contribution in [2.75, 3.05) is 26.7 Å². The van der Waals surface area contributed by atoms with E-state index in [9.17, 15) is 9.90 Å². The number of likely N-dealkylation sites (N-methyl/N-ethyl adjacent to an activating group) is 1. The Bertz CT molecular complexity index is 559. The first kappa shape index (κ1) is 16.3. The van der Waals surface area contributed by atoms with Gasteiger partial charge in [-0.1, -0.05) is 19.1 Å². The molecule has 2 aliphatic rings. The highest BCUT2D eigenvalue weighted by atomic mass is 16.5. The van der Waals surface area contributed by atoms with Gasteiger partial charge in [-0.15, -0.1) is 0 Å². The van der Waals surface area contributed by atoms with Crippen molar-refractivity contribution in [1.29, 1.82) is 0 Å². The highest BCUT2D eigenvalue weighted by Crippen LogP contribution is 2.34. The monoisotopic (exact) mass is 318 g/mol. The van der Waals surface area contributed by atoms with Crippen LogP contribution in [0.25, 0.3) is 0 Å². The summed E-state index contributed by atoms with van der Waals surface area (Å²) in [7, 11) is 1.64. The average molecular weight is 318 g/mol. The lowest BCUT2D eigenvalue weighted by atomic mass is 10.0. The fourth-order valence-electron chi connectivity index (χ4n) is 3.46. The van der Waals surface area contributed by atoms with Gasteiger partial charge < -0.3 is 14.7 Å². The third kappa shape index (κ3) is 3.67. The van der Waals surface area contributed by atoms with E-state index in [1.807, 2.05) is 29.2 Å². The van der Waals surface area contributed by atoms with Crippen LogP contribution in [0.3, 0.4) is 0 Å². The zero-order valence-electron chi connectivity index (χ0n) is 13.9. The van der Waals surface area contributed by atoms with Crippen LogP contribution in [0.5, 0.6) is 5.75 Å². The molecular formula is C18H26N2O3. The molecule has 1 heterocycles. The summed E-state index contributed by atoms with van der Waals surface area (Å²) in [5.41, 5.74) is 1.03. The summed E-state index contributed by atoms with van der Waals surface area (Å²) >= 11 is 0. The molecular weight excluding hydrogens is 292 g/mol. The van der Waals surface area contributed by atoms with Crippen LogP contribution in [-0.4, -0.2) is 59.7 Å². The second kappa shape index (κ2) is 6.89. The van der Waals surface area contributed by atoms with Crippen molar-refractivity contribution < 1.29 is 14.6 Å². The van der Waals surface area contributed by atoms with E-state index in [-0.39, 0.29) is 11.9 Å². The molecule has 2 fully saturated rings. The lowest BCUT2D eigenvalue weighted by Crippen LogP contribution is -2.41. The van der Waals surface area contributed by atoms with Gasteiger partial charge >= 0.3 is 0 Å². The number of ether oxygens (including phenoxy) is 1. The third-order valence-electron chi connectivity index (χ3n) is 4.89. The highest BCUT2D eigenvalue weighted by molar-refractivity contribution is 5.79. The number of carbonyl (C=O) groups is 1. The van der Waals surface area contributed by atoms with Crippen molar-refractivity contribution in [2.24, 2.45) is 0 Å². The number of β-amino-alcohol motifs (C(OH)–C–C–N with tert-alkyl or cyclic N) is 1. The number of hydrogen-bond acceptors (Lipinski definition) is 4. The molecule has 0 aromatic heterocycles. The molecule has 3 rings (SSSR count). The first-order valence-electron chi connectivity index (χ1n) is 8.48. The molecule has 1 saturated heterocycles. The quantitative estimate of drug-likeness (QED) is 0.869. The van der Waals surface area contributed by atoms with Gasteiger partial charge in [0.15, 0.2) is 0 Å². The maximum atomic E-state index is 12.8. The molecule has 126 valence electrons. The summed E-state index contributed by atoms with van der Waals surface area (Å²) in [6, 6.07) is 8.31. The molecule has 2 atom stereocenters. The van der Waals surface area contributed by atoms with E-state index >= 15 is 0 Å².